The summed E-state index contributed by atoms with van der Waals surface area (Å²) in [7, 11) is 0. The average Bonchev–Trinajstić information content (AvgIpc) is 2.91. The van der Waals surface area contributed by atoms with Crippen LogP contribution in [0.15, 0.2) is 45.4 Å². The van der Waals surface area contributed by atoms with Gasteiger partial charge >= 0.3 is 0 Å². The fourth-order valence-electron chi connectivity index (χ4n) is 1.81. The molecule has 0 radical (unpaired) electrons. The van der Waals surface area contributed by atoms with Gasteiger partial charge in [-0.3, -0.25) is 0 Å². The number of nitrogens with two attached hydrogens (primary N) is 1. The molecule has 0 atom stereocenters. The van der Waals surface area contributed by atoms with E-state index in [0.717, 1.165) is 10.0 Å². The molecule has 0 fully saturated rings. The first kappa shape index (κ1) is 14.4. The molecule has 3 aromatic rings. The summed E-state index contributed by atoms with van der Waals surface area (Å²) < 4.78 is 6.03. The van der Waals surface area contributed by atoms with Crippen molar-refractivity contribution in [2.75, 3.05) is 5.73 Å². The molecule has 0 bridgehead atoms. The van der Waals surface area contributed by atoms with E-state index in [0.29, 0.717) is 33.0 Å². The van der Waals surface area contributed by atoms with Gasteiger partial charge in [0.25, 0.3) is 5.89 Å². The minimum atomic E-state index is 0.338. The van der Waals surface area contributed by atoms with Gasteiger partial charge in [0, 0.05) is 20.7 Å². The number of benzene rings is 2. The highest BCUT2D eigenvalue weighted by molar-refractivity contribution is 9.10. The Hall–Kier alpha value is -1.56. The van der Waals surface area contributed by atoms with Crippen LogP contribution in [-0.2, 0) is 0 Å². The summed E-state index contributed by atoms with van der Waals surface area (Å²) in [5.41, 5.74) is 7.82. The highest BCUT2D eigenvalue weighted by Gasteiger charge is 2.14. The molecule has 1 aromatic heterocycles. The zero-order chi connectivity index (χ0) is 15.0. The largest absolute Gasteiger partial charge is 0.398 e. The summed E-state index contributed by atoms with van der Waals surface area (Å²) >= 11 is 15.2. The Morgan fingerprint density at radius 1 is 1.10 bits per heavy atom. The van der Waals surface area contributed by atoms with Crippen LogP contribution in [-0.4, -0.2) is 10.1 Å². The van der Waals surface area contributed by atoms with Crippen LogP contribution in [0, 0.1) is 0 Å². The molecular formula is C14H8BrCl2N3O. The maximum absolute atomic E-state index is 5.96. The maximum atomic E-state index is 5.96. The summed E-state index contributed by atoms with van der Waals surface area (Å²) in [6, 6.07) is 10.5. The molecule has 0 aliphatic rings. The Bertz CT molecular complexity index is 820. The third kappa shape index (κ3) is 2.90. The number of hydrogen-bond donors (Lipinski definition) is 1. The van der Waals surface area contributed by atoms with E-state index in [2.05, 4.69) is 26.1 Å². The Balaban J connectivity index is 2.01. The maximum Gasteiger partial charge on any atom is 0.260 e. The van der Waals surface area contributed by atoms with Crippen LogP contribution in [0.25, 0.3) is 22.8 Å². The molecule has 4 nitrogen and oxygen atoms in total. The zero-order valence-corrected chi connectivity index (χ0v) is 13.6. The van der Waals surface area contributed by atoms with Crippen molar-refractivity contribution in [3.8, 4) is 22.8 Å². The number of hydrogen-bond acceptors (Lipinski definition) is 4. The molecule has 106 valence electrons. The summed E-state index contributed by atoms with van der Waals surface area (Å²) in [5.74, 6) is 0.793. The van der Waals surface area contributed by atoms with E-state index in [4.69, 9.17) is 33.5 Å². The van der Waals surface area contributed by atoms with E-state index >= 15 is 0 Å². The SMILES string of the molecule is Nc1cc(Cl)ccc1-c1nc(-c2ccc(Cl)c(Br)c2)no1. The fraction of sp³-hybridized carbons (Fsp3) is 0. The lowest BCUT2D eigenvalue weighted by Gasteiger charge is -2.00. The first-order chi connectivity index (χ1) is 10.0. The lowest BCUT2D eigenvalue weighted by molar-refractivity contribution is 0.432. The van der Waals surface area contributed by atoms with Crippen LogP contribution in [0.4, 0.5) is 5.69 Å². The third-order valence-corrected chi connectivity index (χ3v) is 4.30. The molecule has 3 rings (SSSR count). The summed E-state index contributed by atoms with van der Waals surface area (Å²) in [5, 5.41) is 5.13. The summed E-state index contributed by atoms with van der Waals surface area (Å²) in [4.78, 5) is 4.35. The molecular weight excluding hydrogens is 377 g/mol. The summed E-state index contributed by atoms with van der Waals surface area (Å²) in [6.07, 6.45) is 0. The molecule has 0 amide bonds. The standard InChI is InChI=1S/C14H8BrCl2N3O/c15-10-5-7(1-4-11(10)17)13-19-14(21-20-13)9-3-2-8(16)6-12(9)18/h1-6H,18H2. The number of halogens is 3. The normalized spacial score (nSPS) is 10.8. The van der Waals surface area contributed by atoms with E-state index in [-0.39, 0.29) is 0 Å². The van der Waals surface area contributed by atoms with Gasteiger partial charge in [0.05, 0.1) is 10.6 Å². The fourth-order valence-corrected chi connectivity index (χ4v) is 2.49. The molecule has 0 saturated heterocycles. The Morgan fingerprint density at radius 3 is 2.62 bits per heavy atom. The molecule has 0 aliphatic carbocycles. The highest BCUT2D eigenvalue weighted by Crippen LogP contribution is 2.31. The van der Waals surface area contributed by atoms with Crippen molar-refractivity contribution in [1.29, 1.82) is 0 Å². The minimum absolute atomic E-state index is 0.338. The Kier molecular flexibility index (Phi) is 3.89. The molecule has 0 aliphatic heterocycles. The second-order valence-electron chi connectivity index (χ2n) is 4.28. The Morgan fingerprint density at radius 2 is 1.90 bits per heavy atom. The van der Waals surface area contributed by atoms with Crippen molar-refractivity contribution in [1.82, 2.24) is 10.1 Å². The molecule has 0 spiro atoms. The van der Waals surface area contributed by atoms with Crippen molar-refractivity contribution in [3.63, 3.8) is 0 Å². The van der Waals surface area contributed by atoms with Crippen LogP contribution < -0.4 is 5.73 Å². The molecule has 7 heteroatoms. The van der Waals surface area contributed by atoms with Gasteiger partial charge in [-0.2, -0.15) is 4.98 Å². The van der Waals surface area contributed by atoms with Gasteiger partial charge in [-0.15, -0.1) is 0 Å². The first-order valence-electron chi connectivity index (χ1n) is 5.89. The first-order valence-corrected chi connectivity index (χ1v) is 7.44. The number of aromatic nitrogens is 2. The Labute approximate surface area is 139 Å². The van der Waals surface area contributed by atoms with Gasteiger partial charge in [-0.05, 0) is 52.3 Å². The minimum Gasteiger partial charge on any atom is -0.398 e. The lowest BCUT2D eigenvalue weighted by atomic mass is 10.2. The smallest absolute Gasteiger partial charge is 0.260 e. The second kappa shape index (κ2) is 5.67. The van der Waals surface area contributed by atoms with Crippen molar-refractivity contribution in [2.45, 2.75) is 0 Å². The van der Waals surface area contributed by atoms with E-state index in [9.17, 15) is 0 Å². The van der Waals surface area contributed by atoms with Gasteiger partial charge in [0.1, 0.15) is 0 Å². The van der Waals surface area contributed by atoms with Crippen LogP contribution >= 0.6 is 39.1 Å². The summed E-state index contributed by atoms with van der Waals surface area (Å²) in [6.45, 7) is 0. The van der Waals surface area contributed by atoms with Crippen molar-refractivity contribution in [2.24, 2.45) is 0 Å². The molecule has 2 N–H and O–H groups in total. The van der Waals surface area contributed by atoms with Gasteiger partial charge in [-0.25, -0.2) is 0 Å². The van der Waals surface area contributed by atoms with E-state index in [1.165, 1.54) is 0 Å². The average molecular weight is 385 g/mol. The highest BCUT2D eigenvalue weighted by atomic mass is 79.9. The predicted octanol–water partition coefficient (Wildman–Crippen LogP) is 5.06. The second-order valence-corrected chi connectivity index (χ2v) is 5.98. The van der Waals surface area contributed by atoms with Gasteiger partial charge in [0.2, 0.25) is 5.82 Å². The molecule has 1 heterocycles. The van der Waals surface area contributed by atoms with E-state index in [1.807, 2.05) is 12.1 Å². The molecule has 2 aromatic carbocycles. The number of rotatable bonds is 2. The lowest BCUT2D eigenvalue weighted by Crippen LogP contribution is -1.90. The number of anilines is 1. The van der Waals surface area contributed by atoms with Gasteiger partial charge in [-0.1, -0.05) is 28.4 Å². The quantitative estimate of drug-likeness (QED) is 0.627. The zero-order valence-electron chi connectivity index (χ0n) is 10.5. The topological polar surface area (TPSA) is 64.9 Å². The number of nitrogen functional groups attached to an aromatic ring is 1. The van der Waals surface area contributed by atoms with Crippen LogP contribution in [0.3, 0.4) is 0 Å². The van der Waals surface area contributed by atoms with Crippen LogP contribution in [0.2, 0.25) is 10.0 Å². The van der Waals surface area contributed by atoms with Crippen LogP contribution in [0.1, 0.15) is 0 Å². The predicted molar refractivity (Wildman–Crippen MR) is 87.3 cm³/mol. The van der Waals surface area contributed by atoms with E-state index in [1.54, 1.807) is 24.3 Å². The monoisotopic (exact) mass is 383 g/mol. The third-order valence-electron chi connectivity index (χ3n) is 2.85. The van der Waals surface area contributed by atoms with Crippen molar-refractivity contribution >= 4 is 44.8 Å². The number of nitrogens with zero attached hydrogens (tertiary/aromatic N) is 2. The van der Waals surface area contributed by atoms with Crippen LogP contribution in [0.5, 0.6) is 0 Å². The van der Waals surface area contributed by atoms with E-state index < -0.39 is 0 Å². The van der Waals surface area contributed by atoms with Crippen molar-refractivity contribution < 1.29 is 4.52 Å². The molecule has 0 saturated carbocycles. The molecule has 21 heavy (non-hydrogen) atoms. The van der Waals surface area contributed by atoms with Crippen molar-refractivity contribution in [3.05, 3.63) is 50.9 Å². The van der Waals surface area contributed by atoms with Gasteiger partial charge < -0.3 is 10.3 Å². The van der Waals surface area contributed by atoms with Gasteiger partial charge in [0.15, 0.2) is 0 Å². The molecule has 0 unspecified atom stereocenters.